The zero-order valence-corrected chi connectivity index (χ0v) is 20.3. The second kappa shape index (κ2) is 7.88. The van der Waals surface area contributed by atoms with E-state index in [-0.39, 0.29) is 0 Å². The van der Waals surface area contributed by atoms with Gasteiger partial charge >= 0.3 is 0 Å². The van der Waals surface area contributed by atoms with Crippen LogP contribution in [0.25, 0.3) is 55.2 Å². The molecule has 0 amide bonds. The molecule has 32 heavy (non-hydrogen) atoms. The highest BCUT2D eigenvalue weighted by molar-refractivity contribution is 9.10. The van der Waals surface area contributed by atoms with Gasteiger partial charge in [0.2, 0.25) is 0 Å². The Hall–Kier alpha value is -2.94. The normalized spacial score (nSPS) is 11.9. The van der Waals surface area contributed by atoms with E-state index < -0.39 is 0 Å². The number of halogens is 2. The van der Waals surface area contributed by atoms with Crippen LogP contribution in [0.5, 0.6) is 0 Å². The van der Waals surface area contributed by atoms with Gasteiger partial charge in [0, 0.05) is 8.95 Å². The van der Waals surface area contributed by atoms with Crippen LogP contribution in [0, 0.1) is 0 Å². The summed E-state index contributed by atoms with van der Waals surface area (Å²) in [6.07, 6.45) is 4.34. The van der Waals surface area contributed by atoms with E-state index in [4.69, 9.17) is 0 Å². The first-order valence-electron chi connectivity index (χ1n) is 10.6. The highest BCUT2D eigenvalue weighted by atomic mass is 79.9. The van der Waals surface area contributed by atoms with Gasteiger partial charge in [0.15, 0.2) is 0 Å². The summed E-state index contributed by atoms with van der Waals surface area (Å²) >= 11 is 7.15. The van der Waals surface area contributed by atoms with Crippen LogP contribution >= 0.6 is 31.9 Å². The Morgan fingerprint density at radius 2 is 1.00 bits per heavy atom. The summed E-state index contributed by atoms with van der Waals surface area (Å²) in [4.78, 5) is 0. The second-order valence-corrected chi connectivity index (χ2v) is 9.95. The molecular formula is C30H18Br2. The van der Waals surface area contributed by atoms with Crippen LogP contribution in [0.1, 0.15) is 11.1 Å². The Morgan fingerprint density at radius 1 is 0.406 bits per heavy atom. The Labute approximate surface area is 203 Å². The molecule has 0 bridgehead atoms. The standard InChI is InChI=1S/C30H18Br2/c31-24-11-3-19(4-12-24)1-2-20-5-14-26-23(17-20)10-16-28-27(26)15-9-22-7-6-21-8-13-25(32)18-29(21)30(22)28/h1-18H/b2-1+. The molecule has 0 saturated heterocycles. The van der Waals surface area contributed by atoms with Crippen molar-refractivity contribution >= 4 is 87.1 Å². The fourth-order valence-corrected chi connectivity index (χ4v) is 5.19. The molecule has 0 spiro atoms. The molecule has 0 saturated carbocycles. The lowest BCUT2D eigenvalue weighted by atomic mass is 9.93. The molecule has 152 valence electrons. The Bertz CT molecular complexity index is 1680. The van der Waals surface area contributed by atoms with Crippen LogP contribution < -0.4 is 0 Å². The van der Waals surface area contributed by atoms with Crippen LogP contribution in [0.3, 0.4) is 0 Å². The van der Waals surface area contributed by atoms with E-state index >= 15 is 0 Å². The minimum absolute atomic E-state index is 1.10. The molecule has 0 aromatic heterocycles. The summed E-state index contributed by atoms with van der Waals surface area (Å²) in [7, 11) is 0. The number of rotatable bonds is 2. The molecule has 6 aromatic rings. The number of hydrogen-bond acceptors (Lipinski definition) is 0. The Kier molecular flexibility index (Phi) is 4.86. The zero-order chi connectivity index (χ0) is 21.7. The van der Waals surface area contributed by atoms with Crippen molar-refractivity contribution in [2.75, 3.05) is 0 Å². The lowest BCUT2D eigenvalue weighted by Gasteiger charge is -2.11. The summed E-state index contributed by atoms with van der Waals surface area (Å²) < 4.78 is 2.21. The van der Waals surface area contributed by atoms with Crippen LogP contribution in [-0.4, -0.2) is 0 Å². The quantitative estimate of drug-likeness (QED) is 0.152. The third kappa shape index (κ3) is 3.44. The van der Waals surface area contributed by atoms with Gasteiger partial charge < -0.3 is 0 Å². The molecule has 0 heterocycles. The summed E-state index contributed by atoms with van der Waals surface area (Å²) in [6, 6.07) is 35.1. The first kappa shape index (κ1) is 19.7. The van der Waals surface area contributed by atoms with E-state index in [1.807, 2.05) is 0 Å². The maximum atomic E-state index is 3.66. The van der Waals surface area contributed by atoms with E-state index in [9.17, 15) is 0 Å². The van der Waals surface area contributed by atoms with Gasteiger partial charge in [-0.2, -0.15) is 0 Å². The largest absolute Gasteiger partial charge is 0.0544 e. The molecule has 0 unspecified atom stereocenters. The van der Waals surface area contributed by atoms with Crippen molar-refractivity contribution in [3.05, 3.63) is 117 Å². The van der Waals surface area contributed by atoms with Crippen LogP contribution in [0.15, 0.2) is 106 Å². The third-order valence-electron chi connectivity index (χ3n) is 6.14. The van der Waals surface area contributed by atoms with Gasteiger partial charge in [0.1, 0.15) is 0 Å². The van der Waals surface area contributed by atoms with Gasteiger partial charge in [0.25, 0.3) is 0 Å². The topological polar surface area (TPSA) is 0 Å². The molecule has 0 aliphatic carbocycles. The Balaban J connectivity index is 1.53. The molecule has 6 aromatic carbocycles. The molecule has 0 nitrogen and oxygen atoms in total. The highest BCUT2D eigenvalue weighted by Crippen LogP contribution is 2.36. The molecule has 0 atom stereocenters. The molecule has 6 rings (SSSR count). The summed E-state index contributed by atoms with van der Waals surface area (Å²) in [5.74, 6) is 0. The monoisotopic (exact) mass is 536 g/mol. The number of fused-ring (bicyclic) bond motifs is 7. The van der Waals surface area contributed by atoms with Crippen molar-refractivity contribution in [2.24, 2.45) is 0 Å². The van der Waals surface area contributed by atoms with Crippen LogP contribution in [-0.2, 0) is 0 Å². The first-order valence-corrected chi connectivity index (χ1v) is 12.2. The van der Waals surface area contributed by atoms with Crippen molar-refractivity contribution in [3.8, 4) is 0 Å². The van der Waals surface area contributed by atoms with Crippen LogP contribution in [0.2, 0.25) is 0 Å². The van der Waals surface area contributed by atoms with E-state index in [1.165, 1.54) is 54.2 Å². The van der Waals surface area contributed by atoms with Gasteiger partial charge in [-0.3, -0.25) is 0 Å². The van der Waals surface area contributed by atoms with Crippen LogP contribution in [0.4, 0.5) is 0 Å². The molecule has 0 aliphatic heterocycles. The smallest absolute Gasteiger partial charge is 0.0181 e. The van der Waals surface area contributed by atoms with Crippen molar-refractivity contribution in [1.29, 1.82) is 0 Å². The summed E-state index contributed by atoms with van der Waals surface area (Å²) in [5.41, 5.74) is 2.39. The SMILES string of the molecule is Brc1ccc(/C=C/c2ccc3c(ccc4c3ccc3ccc5ccc(Br)cc5c34)c2)cc1. The van der Waals surface area contributed by atoms with Crippen molar-refractivity contribution in [3.63, 3.8) is 0 Å². The first-order chi connectivity index (χ1) is 15.7. The number of benzene rings is 6. The average molecular weight is 538 g/mol. The highest BCUT2D eigenvalue weighted by Gasteiger charge is 2.08. The maximum Gasteiger partial charge on any atom is 0.0181 e. The molecule has 0 fully saturated rings. The lowest BCUT2D eigenvalue weighted by Crippen LogP contribution is -1.84. The van der Waals surface area contributed by atoms with Gasteiger partial charge in [-0.25, -0.2) is 0 Å². The summed E-state index contributed by atoms with van der Waals surface area (Å²) in [6.45, 7) is 0. The van der Waals surface area contributed by atoms with Gasteiger partial charge in [-0.05, 0) is 84.5 Å². The van der Waals surface area contributed by atoms with Gasteiger partial charge in [0.05, 0.1) is 0 Å². The molecule has 2 heteroatoms. The summed E-state index contributed by atoms with van der Waals surface area (Å²) in [5, 5.41) is 10.3. The minimum Gasteiger partial charge on any atom is -0.0544 e. The predicted molar refractivity (Wildman–Crippen MR) is 147 cm³/mol. The van der Waals surface area contributed by atoms with E-state index in [1.54, 1.807) is 0 Å². The molecule has 0 radical (unpaired) electrons. The third-order valence-corrected chi connectivity index (χ3v) is 7.16. The maximum absolute atomic E-state index is 3.66. The lowest BCUT2D eigenvalue weighted by molar-refractivity contribution is 1.61. The minimum atomic E-state index is 1.10. The van der Waals surface area contributed by atoms with E-state index in [2.05, 4.69) is 141 Å². The Morgan fingerprint density at radius 3 is 1.88 bits per heavy atom. The fourth-order valence-electron chi connectivity index (χ4n) is 4.56. The fraction of sp³-hybridized carbons (Fsp3) is 0. The van der Waals surface area contributed by atoms with E-state index in [0.29, 0.717) is 0 Å². The van der Waals surface area contributed by atoms with E-state index in [0.717, 1.165) is 8.95 Å². The molecule has 0 N–H and O–H groups in total. The predicted octanol–water partition coefficient (Wildman–Crippen LogP) is 9.99. The van der Waals surface area contributed by atoms with Crippen molar-refractivity contribution in [2.45, 2.75) is 0 Å². The zero-order valence-electron chi connectivity index (χ0n) is 17.1. The molecule has 0 aliphatic rings. The van der Waals surface area contributed by atoms with Crippen molar-refractivity contribution < 1.29 is 0 Å². The van der Waals surface area contributed by atoms with Crippen molar-refractivity contribution in [1.82, 2.24) is 0 Å². The van der Waals surface area contributed by atoms with Gasteiger partial charge in [-0.15, -0.1) is 0 Å². The molecular weight excluding hydrogens is 520 g/mol. The second-order valence-electron chi connectivity index (χ2n) is 8.12. The van der Waals surface area contributed by atoms with Gasteiger partial charge in [-0.1, -0.05) is 111 Å². The average Bonchev–Trinajstić information content (AvgIpc) is 2.82. The number of hydrogen-bond donors (Lipinski definition) is 0.